The van der Waals surface area contributed by atoms with E-state index in [0.29, 0.717) is 0 Å². The summed E-state index contributed by atoms with van der Waals surface area (Å²) >= 11 is 0. The van der Waals surface area contributed by atoms with Gasteiger partial charge in [-0.1, -0.05) is 49.9 Å². The highest BCUT2D eigenvalue weighted by Crippen LogP contribution is 2.23. The maximum absolute atomic E-state index is 4.05. The monoisotopic (exact) mass is 215 g/mol. The first-order valence-electron chi connectivity index (χ1n) is 5.81. The van der Waals surface area contributed by atoms with Gasteiger partial charge in [0.25, 0.3) is 0 Å². The summed E-state index contributed by atoms with van der Waals surface area (Å²) in [5.41, 5.74) is 4.81. The molecule has 0 saturated carbocycles. The smallest absolute Gasteiger partial charge is 0.0211 e. The van der Waals surface area contributed by atoms with Gasteiger partial charge in [0.1, 0.15) is 0 Å². The predicted molar refractivity (Wildman–Crippen MR) is 73.2 cm³/mol. The summed E-state index contributed by atoms with van der Waals surface area (Å²) in [5, 5.41) is 3.42. The molecule has 1 aromatic carbocycles. The molecule has 0 aliphatic heterocycles. The van der Waals surface area contributed by atoms with E-state index in [0.717, 1.165) is 25.1 Å². The van der Waals surface area contributed by atoms with Gasteiger partial charge >= 0.3 is 0 Å². The highest BCUT2D eigenvalue weighted by Gasteiger charge is 2.06. The van der Waals surface area contributed by atoms with Gasteiger partial charge in [-0.3, -0.25) is 0 Å². The van der Waals surface area contributed by atoms with Crippen LogP contribution < -0.4 is 5.32 Å². The fourth-order valence-corrected chi connectivity index (χ4v) is 1.86. The van der Waals surface area contributed by atoms with Crippen LogP contribution >= 0.6 is 0 Å². The Bertz CT molecular complexity index is 377. The summed E-state index contributed by atoms with van der Waals surface area (Å²) in [6, 6.07) is 6.31. The fourth-order valence-electron chi connectivity index (χ4n) is 1.86. The lowest BCUT2D eigenvalue weighted by Crippen LogP contribution is -2.15. The summed E-state index contributed by atoms with van der Waals surface area (Å²) < 4.78 is 0. The van der Waals surface area contributed by atoms with Crippen LogP contribution in [0.25, 0.3) is 11.6 Å². The first-order chi connectivity index (χ1) is 7.70. The topological polar surface area (TPSA) is 12.0 Å². The molecule has 0 atom stereocenters. The molecule has 1 rings (SSSR count). The number of rotatable bonds is 6. The van der Waals surface area contributed by atoms with Gasteiger partial charge < -0.3 is 5.32 Å². The fraction of sp³-hybridized carbons (Fsp3) is 0.333. The Morgan fingerprint density at radius 2 is 2.19 bits per heavy atom. The van der Waals surface area contributed by atoms with Crippen LogP contribution in [-0.4, -0.2) is 6.54 Å². The second-order valence-electron chi connectivity index (χ2n) is 4.04. The van der Waals surface area contributed by atoms with Crippen LogP contribution in [0.1, 0.15) is 37.0 Å². The van der Waals surface area contributed by atoms with E-state index in [4.69, 9.17) is 0 Å². The quantitative estimate of drug-likeness (QED) is 0.710. The number of hydrogen-bond donors (Lipinski definition) is 1. The average Bonchev–Trinajstić information content (AvgIpc) is 2.28. The molecule has 1 nitrogen and oxygen atoms in total. The largest absolute Gasteiger partial charge is 0.313 e. The molecular formula is C15H21N. The minimum atomic E-state index is 0.901. The zero-order chi connectivity index (χ0) is 12.0. The molecule has 0 heterocycles. The Hall–Kier alpha value is -1.34. The van der Waals surface area contributed by atoms with E-state index in [1.807, 2.05) is 13.0 Å². The lowest BCUT2D eigenvalue weighted by Gasteiger charge is -2.13. The van der Waals surface area contributed by atoms with Gasteiger partial charge in [-0.2, -0.15) is 0 Å². The second-order valence-corrected chi connectivity index (χ2v) is 4.04. The molecule has 86 valence electrons. The lowest BCUT2D eigenvalue weighted by atomic mass is 9.96. The van der Waals surface area contributed by atoms with Crippen LogP contribution in [0.3, 0.4) is 0 Å². The van der Waals surface area contributed by atoms with Crippen molar-refractivity contribution in [3.8, 4) is 0 Å². The molecule has 1 N–H and O–H groups in total. The predicted octanol–water partition coefficient (Wildman–Crippen LogP) is 3.86. The van der Waals surface area contributed by atoms with E-state index in [9.17, 15) is 0 Å². The SMILES string of the molecule is C=Cc1cccc(CNCCC)c1C(=C)C. The highest BCUT2D eigenvalue weighted by atomic mass is 14.8. The molecule has 0 bridgehead atoms. The number of hydrogen-bond acceptors (Lipinski definition) is 1. The molecule has 0 saturated heterocycles. The van der Waals surface area contributed by atoms with Crippen LogP contribution in [0.2, 0.25) is 0 Å². The summed E-state index contributed by atoms with van der Waals surface area (Å²) in [6.45, 7) is 14.1. The van der Waals surface area contributed by atoms with Gasteiger partial charge in [0.15, 0.2) is 0 Å². The third-order valence-corrected chi connectivity index (χ3v) is 2.57. The van der Waals surface area contributed by atoms with E-state index < -0.39 is 0 Å². The third kappa shape index (κ3) is 3.07. The molecule has 0 spiro atoms. The lowest BCUT2D eigenvalue weighted by molar-refractivity contribution is 0.674. The standard InChI is InChI=1S/C15H21N/c1-5-10-16-11-14-9-7-8-13(6-2)15(14)12(3)4/h6-9,16H,2-3,5,10-11H2,1,4H3. The summed E-state index contributed by atoms with van der Waals surface area (Å²) in [7, 11) is 0. The first kappa shape index (κ1) is 12.7. The Labute approximate surface area is 98.9 Å². The molecule has 0 aromatic heterocycles. The van der Waals surface area contributed by atoms with Crippen molar-refractivity contribution in [2.45, 2.75) is 26.8 Å². The minimum absolute atomic E-state index is 0.901. The van der Waals surface area contributed by atoms with Crippen molar-refractivity contribution < 1.29 is 0 Å². The van der Waals surface area contributed by atoms with Gasteiger partial charge in [0, 0.05) is 6.54 Å². The van der Waals surface area contributed by atoms with Crippen molar-refractivity contribution in [2.24, 2.45) is 0 Å². The van der Waals surface area contributed by atoms with Crippen LogP contribution in [0, 0.1) is 0 Å². The zero-order valence-electron chi connectivity index (χ0n) is 10.3. The van der Waals surface area contributed by atoms with Crippen LogP contribution in [-0.2, 0) is 6.54 Å². The van der Waals surface area contributed by atoms with Gasteiger partial charge in [-0.15, -0.1) is 0 Å². The van der Waals surface area contributed by atoms with Crippen molar-refractivity contribution in [2.75, 3.05) is 6.54 Å². The van der Waals surface area contributed by atoms with Gasteiger partial charge in [0.05, 0.1) is 0 Å². The highest BCUT2D eigenvalue weighted by molar-refractivity contribution is 5.73. The maximum atomic E-state index is 4.05. The van der Waals surface area contributed by atoms with Crippen molar-refractivity contribution in [1.82, 2.24) is 5.32 Å². The number of benzene rings is 1. The molecule has 1 heteroatoms. The van der Waals surface area contributed by atoms with Gasteiger partial charge in [-0.05, 0) is 36.6 Å². The summed E-state index contributed by atoms with van der Waals surface area (Å²) in [4.78, 5) is 0. The molecule has 1 aromatic rings. The molecule has 0 unspecified atom stereocenters. The van der Waals surface area contributed by atoms with E-state index in [-0.39, 0.29) is 0 Å². The number of nitrogens with one attached hydrogen (secondary N) is 1. The van der Waals surface area contributed by atoms with Crippen molar-refractivity contribution in [1.29, 1.82) is 0 Å². The van der Waals surface area contributed by atoms with Crippen LogP contribution in [0.4, 0.5) is 0 Å². The molecule has 16 heavy (non-hydrogen) atoms. The Morgan fingerprint density at radius 1 is 1.44 bits per heavy atom. The zero-order valence-corrected chi connectivity index (χ0v) is 10.3. The molecular weight excluding hydrogens is 194 g/mol. The molecule has 0 amide bonds. The van der Waals surface area contributed by atoms with Gasteiger partial charge in [-0.25, -0.2) is 0 Å². The van der Waals surface area contributed by atoms with E-state index in [1.165, 1.54) is 16.7 Å². The normalized spacial score (nSPS) is 10.1. The average molecular weight is 215 g/mol. The van der Waals surface area contributed by atoms with Crippen LogP contribution in [0.15, 0.2) is 31.4 Å². The third-order valence-electron chi connectivity index (χ3n) is 2.57. The first-order valence-corrected chi connectivity index (χ1v) is 5.81. The Kier molecular flexibility index (Phi) is 5.00. The van der Waals surface area contributed by atoms with Crippen molar-refractivity contribution >= 4 is 11.6 Å². The maximum Gasteiger partial charge on any atom is 0.0211 e. The summed E-state index contributed by atoms with van der Waals surface area (Å²) in [5.74, 6) is 0. The molecule has 0 radical (unpaired) electrons. The van der Waals surface area contributed by atoms with E-state index in [1.54, 1.807) is 0 Å². The minimum Gasteiger partial charge on any atom is -0.313 e. The van der Waals surface area contributed by atoms with Gasteiger partial charge in [0.2, 0.25) is 0 Å². The second kappa shape index (κ2) is 6.29. The Morgan fingerprint density at radius 3 is 2.75 bits per heavy atom. The number of allylic oxidation sites excluding steroid dienone is 1. The van der Waals surface area contributed by atoms with Crippen LogP contribution in [0.5, 0.6) is 0 Å². The van der Waals surface area contributed by atoms with E-state index >= 15 is 0 Å². The Balaban J connectivity index is 2.98. The van der Waals surface area contributed by atoms with Crippen molar-refractivity contribution in [3.63, 3.8) is 0 Å². The molecule has 0 aliphatic carbocycles. The summed E-state index contributed by atoms with van der Waals surface area (Å²) in [6.07, 6.45) is 3.05. The molecule has 0 aliphatic rings. The molecule has 0 fully saturated rings. The van der Waals surface area contributed by atoms with E-state index in [2.05, 4.69) is 43.6 Å². The van der Waals surface area contributed by atoms with Crippen molar-refractivity contribution in [3.05, 3.63) is 48.0 Å².